The van der Waals surface area contributed by atoms with Gasteiger partial charge in [0.1, 0.15) is 25.0 Å². The van der Waals surface area contributed by atoms with Crippen LogP contribution in [0.1, 0.15) is 27.8 Å². The number of nitrogens with zero attached hydrogens (tertiary/aromatic N) is 1. The molecule has 0 aliphatic carbocycles. The zero-order chi connectivity index (χ0) is 21.8. The fraction of sp³-hybridized carbons (Fsp3) is 0.261. The van der Waals surface area contributed by atoms with E-state index in [0.717, 1.165) is 22.1 Å². The fourth-order valence-electron chi connectivity index (χ4n) is 3.20. The Bertz CT molecular complexity index is 1190. The molecule has 0 saturated carbocycles. The second-order valence-corrected chi connectivity index (χ2v) is 6.76. The van der Waals surface area contributed by atoms with E-state index in [4.69, 9.17) is 18.7 Å². The lowest BCUT2D eigenvalue weighted by Crippen LogP contribution is -2.19. The van der Waals surface area contributed by atoms with Crippen LogP contribution in [-0.4, -0.2) is 25.9 Å². The van der Waals surface area contributed by atoms with E-state index in [9.17, 15) is 9.59 Å². The molecule has 3 rings (SSSR count). The SMILES string of the molecule is CO/N=C(/C(=O)OC)c1ccccc1COc1ccc2c(C)c(C)c(=O)oc2c1C. The average molecular weight is 409 g/mol. The van der Waals surface area contributed by atoms with E-state index in [1.807, 2.05) is 38.1 Å². The molecule has 1 heterocycles. The number of oxime groups is 1. The first-order valence-corrected chi connectivity index (χ1v) is 9.33. The van der Waals surface area contributed by atoms with Crippen LogP contribution < -0.4 is 10.4 Å². The first-order valence-electron chi connectivity index (χ1n) is 9.33. The molecule has 0 saturated heterocycles. The maximum atomic E-state index is 12.1. The first-order chi connectivity index (χ1) is 14.4. The summed E-state index contributed by atoms with van der Waals surface area (Å²) in [5.41, 5.74) is 3.67. The van der Waals surface area contributed by atoms with Crippen molar-refractivity contribution in [2.45, 2.75) is 27.4 Å². The van der Waals surface area contributed by atoms with E-state index in [1.54, 1.807) is 19.1 Å². The lowest BCUT2D eigenvalue weighted by molar-refractivity contribution is -0.132. The molecule has 0 N–H and O–H groups in total. The number of rotatable bonds is 6. The van der Waals surface area contributed by atoms with Crippen molar-refractivity contribution in [1.82, 2.24) is 0 Å². The lowest BCUT2D eigenvalue weighted by Gasteiger charge is -2.14. The molecule has 3 aromatic rings. The molecule has 0 aliphatic rings. The van der Waals surface area contributed by atoms with Crippen LogP contribution in [0.15, 0.2) is 50.8 Å². The van der Waals surface area contributed by atoms with Gasteiger partial charge in [0.25, 0.3) is 0 Å². The molecule has 7 heteroatoms. The van der Waals surface area contributed by atoms with Gasteiger partial charge in [0.05, 0.1) is 7.11 Å². The van der Waals surface area contributed by atoms with Crippen LogP contribution in [0.3, 0.4) is 0 Å². The van der Waals surface area contributed by atoms with Crippen LogP contribution in [0.4, 0.5) is 0 Å². The highest BCUT2D eigenvalue weighted by Crippen LogP contribution is 2.30. The number of carbonyl (C=O) groups is 1. The smallest absolute Gasteiger partial charge is 0.360 e. The molecule has 7 nitrogen and oxygen atoms in total. The summed E-state index contributed by atoms with van der Waals surface area (Å²) in [4.78, 5) is 29.0. The van der Waals surface area contributed by atoms with Gasteiger partial charge in [-0.3, -0.25) is 0 Å². The number of carbonyl (C=O) groups excluding carboxylic acids is 1. The standard InChI is InChI=1S/C23H23NO6/c1-13-14(2)22(25)30-21-15(3)19(11-10-17(13)21)29-12-16-8-6-7-9-18(16)20(24-28-5)23(26)27-4/h6-11H,12H2,1-5H3/b24-20+. The predicted molar refractivity (Wildman–Crippen MR) is 113 cm³/mol. The number of methoxy groups -OCH3 is 1. The molecular formula is C23H23NO6. The van der Waals surface area contributed by atoms with E-state index in [1.165, 1.54) is 14.2 Å². The number of hydrogen-bond donors (Lipinski definition) is 0. The third-order valence-corrected chi connectivity index (χ3v) is 5.04. The molecular weight excluding hydrogens is 386 g/mol. The molecule has 2 aromatic carbocycles. The Morgan fingerprint density at radius 3 is 2.43 bits per heavy atom. The highest BCUT2D eigenvalue weighted by atomic mass is 16.6. The van der Waals surface area contributed by atoms with Gasteiger partial charge in [0.2, 0.25) is 0 Å². The quantitative estimate of drug-likeness (QED) is 0.266. The molecule has 156 valence electrons. The normalized spacial score (nSPS) is 11.4. The van der Waals surface area contributed by atoms with Crippen LogP contribution in [0.25, 0.3) is 11.0 Å². The summed E-state index contributed by atoms with van der Waals surface area (Å²) in [6.07, 6.45) is 0. The summed E-state index contributed by atoms with van der Waals surface area (Å²) in [5, 5.41) is 4.68. The monoisotopic (exact) mass is 409 g/mol. The minimum absolute atomic E-state index is 0.0477. The molecule has 0 spiro atoms. The minimum atomic E-state index is -0.612. The van der Waals surface area contributed by atoms with Gasteiger partial charge < -0.3 is 18.7 Å². The van der Waals surface area contributed by atoms with Gasteiger partial charge in [0, 0.05) is 22.1 Å². The van der Waals surface area contributed by atoms with Crippen LogP contribution in [0.2, 0.25) is 0 Å². The molecule has 0 unspecified atom stereocenters. The van der Waals surface area contributed by atoms with Crippen molar-refractivity contribution in [3.8, 4) is 5.75 Å². The molecule has 0 bridgehead atoms. The van der Waals surface area contributed by atoms with Crippen molar-refractivity contribution in [1.29, 1.82) is 0 Å². The summed E-state index contributed by atoms with van der Waals surface area (Å²) in [7, 11) is 2.64. The fourth-order valence-corrected chi connectivity index (χ4v) is 3.20. The van der Waals surface area contributed by atoms with E-state index in [0.29, 0.717) is 22.5 Å². The van der Waals surface area contributed by atoms with Crippen molar-refractivity contribution < 1.29 is 23.5 Å². The van der Waals surface area contributed by atoms with Crippen molar-refractivity contribution in [2.24, 2.45) is 5.16 Å². The number of benzene rings is 2. The van der Waals surface area contributed by atoms with Gasteiger partial charge in [0.15, 0.2) is 5.71 Å². The number of hydrogen-bond acceptors (Lipinski definition) is 7. The number of esters is 1. The summed E-state index contributed by atoms with van der Waals surface area (Å²) in [6.45, 7) is 5.65. The summed E-state index contributed by atoms with van der Waals surface area (Å²) >= 11 is 0. The Morgan fingerprint density at radius 2 is 1.73 bits per heavy atom. The molecule has 30 heavy (non-hydrogen) atoms. The third kappa shape index (κ3) is 3.91. The highest BCUT2D eigenvalue weighted by molar-refractivity contribution is 6.43. The van der Waals surface area contributed by atoms with Crippen molar-refractivity contribution >= 4 is 22.7 Å². The summed E-state index contributed by atoms with van der Waals surface area (Å²) in [6, 6.07) is 10.9. The zero-order valence-electron chi connectivity index (χ0n) is 17.6. The summed E-state index contributed by atoms with van der Waals surface area (Å²) in [5.74, 6) is -0.0363. The predicted octanol–water partition coefficient (Wildman–Crippen LogP) is 3.82. The molecule has 0 radical (unpaired) electrons. The van der Waals surface area contributed by atoms with Gasteiger partial charge in [-0.1, -0.05) is 29.4 Å². The van der Waals surface area contributed by atoms with E-state index >= 15 is 0 Å². The largest absolute Gasteiger partial charge is 0.488 e. The topological polar surface area (TPSA) is 87.3 Å². The van der Waals surface area contributed by atoms with E-state index in [-0.39, 0.29) is 17.9 Å². The number of aryl methyl sites for hydroxylation is 2. The highest BCUT2D eigenvalue weighted by Gasteiger charge is 2.20. The maximum absolute atomic E-state index is 12.1. The third-order valence-electron chi connectivity index (χ3n) is 5.04. The van der Waals surface area contributed by atoms with Crippen molar-refractivity contribution in [3.05, 3.63) is 74.6 Å². The summed E-state index contributed by atoms with van der Waals surface area (Å²) < 4.78 is 16.3. The molecule has 0 amide bonds. The molecule has 0 atom stereocenters. The van der Waals surface area contributed by atoms with Gasteiger partial charge in [-0.25, -0.2) is 9.59 Å². The Morgan fingerprint density at radius 1 is 1.00 bits per heavy atom. The Labute approximate surface area is 173 Å². The molecule has 0 aliphatic heterocycles. The van der Waals surface area contributed by atoms with Gasteiger partial charge in [-0.2, -0.15) is 0 Å². The van der Waals surface area contributed by atoms with Gasteiger partial charge in [-0.05, 0) is 44.0 Å². The zero-order valence-corrected chi connectivity index (χ0v) is 17.6. The molecule has 0 fully saturated rings. The van der Waals surface area contributed by atoms with E-state index < -0.39 is 5.97 Å². The lowest BCUT2D eigenvalue weighted by atomic mass is 10.0. The van der Waals surface area contributed by atoms with Crippen LogP contribution >= 0.6 is 0 Å². The number of fused-ring (bicyclic) bond motifs is 1. The second-order valence-electron chi connectivity index (χ2n) is 6.76. The van der Waals surface area contributed by atoms with Gasteiger partial charge in [-0.15, -0.1) is 0 Å². The Kier molecular flexibility index (Phi) is 6.20. The van der Waals surface area contributed by atoms with Crippen LogP contribution in [-0.2, 0) is 21.0 Å². The first kappa shape index (κ1) is 21.1. The minimum Gasteiger partial charge on any atom is -0.488 e. The van der Waals surface area contributed by atoms with Crippen LogP contribution in [0, 0.1) is 20.8 Å². The van der Waals surface area contributed by atoms with Gasteiger partial charge >= 0.3 is 11.6 Å². The Balaban J connectivity index is 1.97. The van der Waals surface area contributed by atoms with Crippen LogP contribution in [0.5, 0.6) is 5.75 Å². The van der Waals surface area contributed by atoms with Crippen molar-refractivity contribution in [3.63, 3.8) is 0 Å². The number of ether oxygens (including phenoxy) is 2. The molecule has 1 aromatic heterocycles. The second kappa shape index (κ2) is 8.82. The van der Waals surface area contributed by atoms with Crippen molar-refractivity contribution in [2.75, 3.05) is 14.2 Å². The maximum Gasteiger partial charge on any atom is 0.360 e. The Hall–Kier alpha value is -3.61. The van der Waals surface area contributed by atoms with E-state index in [2.05, 4.69) is 5.16 Å². The average Bonchev–Trinajstić information content (AvgIpc) is 2.76.